The Labute approximate surface area is 105 Å². The minimum Gasteiger partial charge on any atom is -0.497 e. The maximum Gasteiger partial charge on any atom is 0.168 e. The molecule has 94 valence electrons. The molecule has 18 heavy (non-hydrogen) atoms. The highest BCUT2D eigenvalue weighted by molar-refractivity contribution is 5.77. The molecule has 0 aliphatic carbocycles. The second-order valence-electron chi connectivity index (χ2n) is 3.77. The lowest BCUT2D eigenvalue weighted by molar-refractivity contribution is 0.111. The first-order valence-corrected chi connectivity index (χ1v) is 5.43. The molecule has 0 amide bonds. The number of aldehydes is 1. The largest absolute Gasteiger partial charge is 0.497 e. The van der Waals surface area contributed by atoms with Crippen LogP contribution in [0.5, 0.6) is 11.5 Å². The minimum absolute atomic E-state index is 0.467. The van der Waals surface area contributed by atoms with Crippen molar-refractivity contribution >= 4 is 6.29 Å². The molecule has 0 aliphatic heterocycles. The van der Waals surface area contributed by atoms with Gasteiger partial charge >= 0.3 is 0 Å². The molecule has 1 N–H and O–H groups in total. The normalized spacial score (nSPS) is 10.2. The number of nitrogens with one attached hydrogen (secondary N) is 1. The number of methoxy groups -OCH3 is 2. The number of benzene rings is 1. The van der Waals surface area contributed by atoms with Crippen molar-refractivity contribution in [2.75, 3.05) is 14.2 Å². The molecule has 1 heterocycles. The van der Waals surface area contributed by atoms with Crippen LogP contribution in [-0.2, 0) is 0 Å². The van der Waals surface area contributed by atoms with Crippen LogP contribution >= 0.6 is 0 Å². The Morgan fingerprint density at radius 2 is 2.06 bits per heavy atom. The van der Waals surface area contributed by atoms with Gasteiger partial charge in [0.1, 0.15) is 23.0 Å². The Balaban J connectivity index is 2.56. The summed E-state index contributed by atoms with van der Waals surface area (Å²) in [5.74, 6) is 1.96. The molecule has 2 rings (SSSR count). The summed E-state index contributed by atoms with van der Waals surface area (Å²) in [6, 6.07) is 5.41. The second-order valence-corrected chi connectivity index (χ2v) is 3.77. The van der Waals surface area contributed by atoms with Crippen LogP contribution in [0.2, 0.25) is 0 Å². The van der Waals surface area contributed by atoms with E-state index in [0.717, 1.165) is 11.8 Å². The van der Waals surface area contributed by atoms with Crippen LogP contribution in [0.3, 0.4) is 0 Å². The molecule has 5 heteroatoms. The van der Waals surface area contributed by atoms with Crippen LogP contribution in [0.15, 0.2) is 18.2 Å². The van der Waals surface area contributed by atoms with Gasteiger partial charge in [0.05, 0.1) is 25.5 Å². The molecule has 5 nitrogen and oxygen atoms in total. The van der Waals surface area contributed by atoms with E-state index < -0.39 is 0 Å². The molecule has 0 unspecified atom stereocenters. The van der Waals surface area contributed by atoms with E-state index in [1.54, 1.807) is 33.3 Å². The zero-order valence-corrected chi connectivity index (χ0v) is 10.5. The van der Waals surface area contributed by atoms with Crippen LogP contribution in [0.4, 0.5) is 0 Å². The Morgan fingerprint density at radius 3 is 2.61 bits per heavy atom. The summed E-state index contributed by atoms with van der Waals surface area (Å²) in [5.41, 5.74) is 1.88. The van der Waals surface area contributed by atoms with Gasteiger partial charge in [-0.1, -0.05) is 0 Å². The summed E-state index contributed by atoms with van der Waals surface area (Å²) < 4.78 is 10.5. The van der Waals surface area contributed by atoms with Crippen molar-refractivity contribution < 1.29 is 14.3 Å². The van der Waals surface area contributed by atoms with Gasteiger partial charge in [-0.25, -0.2) is 4.98 Å². The van der Waals surface area contributed by atoms with Crippen molar-refractivity contribution in [3.8, 4) is 22.9 Å². The summed E-state index contributed by atoms with van der Waals surface area (Å²) in [6.07, 6.45) is 0.748. The summed E-state index contributed by atoms with van der Waals surface area (Å²) in [7, 11) is 3.18. The van der Waals surface area contributed by atoms with E-state index in [1.165, 1.54) is 0 Å². The minimum atomic E-state index is 0.467. The fourth-order valence-corrected chi connectivity index (χ4v) is 1.72. The highest BCUT2D eigenvalue weighted by atomic mass is 16.5. The maximum absolute atomic E-state index is 10.8. The van der Waals surface area contributed by atoms with E-state index >= 15 is 0 Å². The Bertz CT molecular complexity index is 576. The Hall–Kier alpha value is -2.30. The van der Waals surface area contributed by atoms with Gasteiger partial charge in [0.15, 0.2) is 6.29 Å². The average molecular weight is 246 g/mol. The lowest BCUT2D eigenvalue weighted by Crippen LogP contribution is -1.91. The van der Waals surface area contributed by atoms with Gasteiger partial charge in [-0.05, 0) is 25.1 Å². The molecular formula is C13H14N2O3. The number of carbonyl (C=O) groups is 1. The van der Waals surface area contributed by atoms with Crippen molar-refractivity contribution in [1.82, 2.24) is 9.97 Å². The van der Waals surface area contributed by atoms with Crippen LogP contribution in [0, 0.1) is 6.92 Å². The van der Waals surface area contributed by atoms with Gasteiger partial charge < -0.3 is 14.5 Å². The van der Waals surface area contributed by atoms with E-state index in [1.807, 2.05) is 6.07 Å². The quantitative estimate of drug-likeness (QED) is 0.840. The number of aromatic amines is 1. The van der Waals surface area contributed by atoms with Gasteiger partial charge in [-0.2, -0.15) is 0 Å². The van der Waals surface area contributed by atoms with Crippen LogP contribution < -0.4 is 9.47 Å². The number of H-pyrrole nitrogens is 1. The lowest BCUT2D eigenvalue weighted by atomic mass is 10.2. The molecule has 1 aromatic heterocycles. The maximum atomic E-state index is 10.8. The van der Waals surface area contributed by atoms with Crippen LogP contribution in [0.1, 0.15) is 16.2 Å². The predicted octanol–water partition coefficient (Wildman–Crippen LogP) is 2.21. The molecule has 0 bridgehead atoms. The fourth-order valence-electron chi connectivity index (χ4n) is 1.72. The highest BCUT2D eigenvalue weighted by Gasteiger charge is 2.13. The second kappa shape index (κ2) is 4.91. The number of imidazole rings is 1. The summed E-state index contributed by atoms with van der Waals surface area (Å²) in [5, 5.41) is 0. The van der Waals surface area contributed by atoms with E-state index in [2.05, 4.69) is 9.97 Å². The van der Waals surface area contributed by atoms with E-state index in [4.69, 9.17) is 9.47 Å². The molecule has 0 aliphatic rings. The lowest BCUT2D eigenvalue weighted by Gasteiger charge is -2.08. The Kier molecular flexibility index (Phi) is 3.32. The smallest absolute Gasteiger partial charge is 0.168 e. The number of ether oxygens (including phenoxy) is 2. The topological polar surface area (TPSA) is 64.2 Å². The molecule has 2 aromatic rings. The summed E-state index contributed by atoms with van der Waals surface area (Å²) in [6.45, 7) is 1.77. The molecule has 0 saturated carbocycles. The van der Waals surface area contributed by atoms with Crippen LogP contribution in [0.25, 0.3) is 11.4 Å². The monoisotopic (exact) mass is 246 g/mol. The molecule has 0 spiro atoms. The third kappa shape index (κ3) is 2.07. The molecule has 0 fully saturated rings. The number of nitrogens with zero attached hydrogens (tertiary/aromatic N) is 1. The number of aromatic nitrogens is 2. The molecule has 0 radical (unpaired) electrons. The first-order valence-electron chi connectivity index (χ1n) is 5.43. The van der Waals surface area contributed by atoms with Crippen molar-refractivity contribution in [3.63, 3.8) is 0 Å². The van der Waals surface area contributed by atoms with Crippen molar-refractivity contribution in [1.29, 1.82) is 0 Å². The first-order chi connectivity index (χ1) is 8.69. The first kappa shape index (κ1) is 12.2. The zero-order chi connectivity index (χ0) is 13.1. The number of aryl methyl sites for hydroxylation is 1. The number of carbonyl (C=O) groups excluding carboxylic acids is 1. The summed E-state index contributed by atoms with van der Waals surface area (Å²) >= 11 is 0. The number of hydrogen-bond donors (Lipinski definition) is 1. The SMILES string of the molecule is COc1ccc(OC)c(-c2nc(C)c(C=O)[nH]2)c1. The third-order valence-corrected chi connectivity index (χ3v) is 2.70. The Morgan fingerprint density at radius 1 is 1.28 bits per heavy atom. The predicted molar refractivity (Wildman–Crippen MR) is 67.3 cm³/mol. The van der Waals surface area contributed by atoms with E-state index in [-0.39, 0.29) is 0 Å². The molecule has 0 saturated heterocycles. The van der Waals surface area contributed by atoms with Crippen molar-refractivity contribution in [2.24, 2.45) is 0 Å². The van der Waals surface area contributed by atoms with E-state index in [9.17, 15) is 4.79 Å². The van der Waals surface area contributed by atoms with Crippen molar-refractivity contribution in [2.45, 2.75) is 6.92 Å². The molecular weight excluding hydrogens is 232 g/mol. The fraction of sp³-hybridized carbons (Fsp3) is 0.231. The average Bonchev–Trinajstić information content (AvgIpc) is 2.79. The highest BCUT2D eigenvalue weighted by Crippen LogP contribution is 2.31. The standard InChI is InChI=1S/C13H14N2O3/c1-8-11(7-16)15-13(14-8)10-6-9(17-2)4-5-12(10)18-3/h4-7H,1-3H3,(H,14,15). The van der Waals surface area contributed by atoms with Gasteiger partial charge in [0, 0.05) is 0 Å². The van der Waals surface area contributed by atoms with Gasteiger partial charge in [-0.15, -0.1) is 0 Å². The summed E-state index contributed by atoms with van der Waals surface area (Å²) in [4.78, 5) is 18.1. The van der Waals surface area contributed by atoms with Gasteiger partial charge in [0.2, 0.25) is 0 Å². The number of hydrogen-bond acceptors (Lipinski definition) is 4. The van der Waals surface area contributed by atoms with Gasteiger partial charge in [0.25, 0.3) is 0 Å². The number of rotatable bonds is 4. The van der Waals surface area contributed by atoms with Crippen molar-refractivity contribution in [3.05, 3.63) is 29.6 Å². The van der Waals surface area contributed by atoms with E-state index in [0.29, 0.717) is 28.7 Å². The van der Waals surface area contributed by atoms with Gasteiger partial charge in [-0.3, -0.25) is 4.79 Å². The van der Waals surface area contributed by atoms with Crippen LogP contribution in [-0.4, -0.2) is 30.5 Å². The third-order valence-electron chi connectivity index (χ3n) is 2.70. The zero-order valence-electron chi connectivity index (χ0n) is 10.5. The molecule has 1 aromatic carbocycles. The molecule has 0 atom stereocenters.